The van der Waals surface area contributed by atoms with Gasteiger partial charge in [0.1, 0.15) is 18.1 Å². The summed E-state index contributed by atoms with van der Waals surface area (Å²) in [5, 5.41) is 12.9. The first-order chi connectivity index (χ1) is 13.7. The predicted octanol–water partition coefficient (Wildman–Crippen LogP) is 2.32. The van der Waals surface area contributed by atoms with E-state index in [0.717, 1.165) is 55.4 Å². The van der Waals surface area contributed by atoms with Crippen LogP contribution in [0.2, 0.25) is 0 Å². The molecule has 0 bridgehead atoms. The number of nitrogens with zero attached hydrogens (tertiary/aromatic N) is 7. The Morgan fingerprint density at radius 3 is 2.54 bits per heavy atom. The summed E-state index contributed by atoms with van der Waals surface area (Å²) in [6.45, 7) is 4.53. The summed E-state index contributed by atoms with van der Waals surface area (Å²) in [4.78, 5) is 13.6. The summed E-state index contributed by atoms with van der Waals surface area (Å²) in [5.41, 5.74) is 2.74. The summed E-state index contributed by atoms with van der Waals surface area (Å²) >= 11 is 0. The average Bonchev–Trinajstić information content (AvgIpc) is 3.16. The molecule has 142 valence electrons. The Morgan fingerprint density at radius 1 is 1.04 bits per heavy atom. The van der Waals surface area contributed by atoms with Crippen molar-refractivity contribution in [3.05, 3.63) is 60.4 Å². The highest BCUT2D eigenvalue weighted by atomic mass is 19.1. The van der Waals surface area contributed by atoms with Gasteiger partial charge in [-0.3, -0.25) is 14.6 Å². The third-order valence-corrected chi connectivity index (χ3v) is 4.79. The maximum atomic E-state index is 13.3. The van der Waals surface area contributed by atoms with Crippen molar-refractivity contribution < 1.29 is 4.39 Å². The van der Waals surface area contributed by atoms with Gasteiger partial charge in [0.2, 0.25) is 0 Å². The first kappa shape index (κ1) is 18.1. The second kappa shape index (κ2) is 8.15. The lowest BCUT2D eigenvalue weighted by Gasteiger charge is -2.35. The molecule has 1 aromatic carbocycles. The number of rotatable bonds is 5. The summed E-state index contributed by atoms with van der Waals surface area (Å²) in [5.74, 6) is 0.566. The van der Waals surface area contributed by atoms with Crippen LogP contribution < -0.4 is 4.90 Å². The van der Waals surface area contributed by atoms with Crippen molar-refractivity contribution >= 4 is 5.82 Å². The number of nitriles is 1. The molecule has 0 N–H and O–H groups in total. The van der Waals surface area contributed by atoms with Crippen LogP contribution in [-0.4, -0.2) is 50.8 Å². The first-order valence-electron chi connectivity index (χ1n) is 9.15. The second-order valence-electron chi connectivity index (χ2n) is 6.70. The molecule has 0 unspecified atom stereocenters. The maximum Gasteiger partial charge on any atom is 0.155 e. The molecule has 7 nitrogen and oxygen atoms in total. The Morgan fingerprint density at radius 2 is 1.79 bits per heavy atom. The Bertz CT molecular complexity index is 969. The molecule has 0 atom stereocenters. The molecule has 4 rings (SSSR count). The summed E-state index contributed by atoms with van der Waals surface area (Å²) in [6, 6.07) is 8.45. The Labute approximate surface area is 162 Å². The molecular formula is C20H20FN7. The zero-order valence-corrected chi connectivity index (χ0v) is 15.4. The Balaban J connectivity index is 1.42. The van der Waals surface area contributed by atoms with Crippen LogP contribution in [0.25, 0.3) is 11.3 Å². The van der Waals surface area contributed by atoms with Gasteiger partial charge in [-0.2, -0.15) is 10.4 Å². The van der Waals surface area contributed by atoms with Crippen LogP contribution in [0, 0.1) is 17.1 Å². The van der Waals surface area contributed by atoms with Crippen LogP contribution in [-0.2, 0) is 13.1 Å². The minimum Gasteiger partial charge on any atom is -0.352 e. The summed E-state index contributed by atoms with van der Waals surface area (Å²) in [6.07, 6.45) is 7.10. The fourth-order valence-electron chi connectivity index (χ4n) is 3.40. The number of hydrogen-bond acceptors (Lipinski definition) is 6. The molecule has 0 amide bonds. The molecule has 1 aliphatic rings. The number of anilines is 1. The molecular weight excluding hydrogens is 357 g/mol. The molecule has 0 spiro atoms. The second-order valence-corrected chi connectivity index (χ2v) is 6.70. The van der Waals surface area contributed by atoms with Crippen molar-refractivity contribution in [1.82, 2.24) is 24.6 Å². The van der Waals surface area contributed by atoms with E-state index in [0.29, 0.717) is 0 Å². The van der Waals surface area contributed by atoms with E-state index in [-0.39, 0.29) is 12.4 Å². The van der Waals surface area contributed by atoms with E-state index >= 15 is 0 Å². The van der Waals surface area contributed by atoms with Crippen LogP contribution in [0.5, 0.6) is 0 Å². The molecule has 0 radical (unpaired) electrons. The van der Waals surface area contributed by atoms with Crippen LogP contribution in [0.4, 0.5) is 10.2 Å². The van der Waals surface area contributed by atoms with Crippen molar-refractivity contribution in [2.75, 3.05) is 31.1 Å². The van der Waals surface area contributed by atoms with Gasteiger partial charge in [0, 0.05) is 62.4 Å². The fraction of sp³-hybridized carbons (Fsp3) is 0.300. The van der Waals surface area contributed by atoms with Crippen molar-refractivity contribution in [1.29, 1.82) is 5.26 Å². The Hall–Kier alpha value is -3.31. The van der Waals surface area contributed by atoms with Gasteiger partial charge in [-0.25, -0.2) is 9.37 Å². The van der Waals surface area contributed by atoms with Gasteiger partial charge in [0.15, 0.2) is 5.82 Å². The van der Waals surface area contributed by atoms with E-state index in [1.165, 1.54) is 12.1 Å². The number of piperazine rings is 1. The van der Waals surface area contributed by atoms with Gasteiger partial charge in [0.25, 0.3) is 0 Å². The van der Waals surface area contributed by atoms with E-state index in [1.54, 1.807) is 29.2 Å². The van der Waals surface area contributed by atoms with E-state index in [1.807, 2.05) is 12.4 Å². The van der Waals surface area contributed by atoms with Crippen LogP contribution in [0.15, 0.2) is 49.1 Å². The topological polar surface area (TPSA) is 73.9 Å². The van der Waals surface area contributed by atoms with Crippen LogP contribution >= 0.6 is 0 Å². The normalized spacial score (nSPS) is 14.8. The molecule has 1 saturated heterocycles. The lowest BCUT2D eigenvalue weighted by Crippen LogP contribution is -2.46. The van der Waals surface area contributed by atoms with Gasteiger partial charge in [-0.1, -0.05) is 0 Å². The van der Waals surface area contributed by atoms with E-state index in [4.69, 9.17) is 5.26 Å². The highest BCUT2D eigenvalue weighted by Crippen LogP contribution is 2.27. The van der Waals surface area contributed by atoms with Crippen molar-refractivity contribution in [3.8, 4) is 17.3 Å². The lowest BCUT2D eigenvalue weighted by atomic mass is 10.1. The fourth-order valence-corrected chi connectivity index (χ4v) is 3.40. The van der Waals surface area contributed by atoms with Crippen LogP contribution in [0.3, 0.4) is 0 Å². The van der Waals surface area contributed by atoms with Gasteiger partial charge in [-0.05, 0) is 24.3 Å². The van der Waals surface area contributed by atoms with E-state index in [2.05, 4.69) is 30.9 Å². The number of benzene rings is 1. The molecule has 0 aliphatic carbocycles. The molecule has 2 aromatic heterocycles. The standard InChI is InChI=1S/C20H20FN7/c21-18-3-1-17(2-4-18)19-20(24-7-6-23-19)27-11-9-26(10-12-27)14-16-13-25-28(15-16)8-5-22/h1-4,6-7,13,15H,8-12,14H2. The highest BCUT2D eigenvalue weighted by Gasteiger charge is 2.21. The smallest absolute Gasteiger partial charge is 0.155 e. The minimum absolute atomic E-state index is 0.263. The first-order valence-corrected chi connectivity index (χ1v) is 9.15. The van der Waals surface area contributed by atoms with Crippen LogP contribution in [0.1, 0.15) is 5.56 Å². The minimum atomic E-state index is -0.263. The zero-order valence-electron chi connectivity index (χ0n) is 15.4. The van der Waals surface area contributed by atoms with Gasteiger partial charge < -0.3 is 4.90 Å². The molecule has 8 heteroatoms. The average molecular weight is 377 g/mol. The summed E-state index contributed by atoms with van der Waals surface area (Å²) < 4.78 is 14.9. The van der Waals surface area contributed by atoms with Crippen molar-refractivity contribution in [2.24, 2.45) is 0 Å². The van der Waals surface area contributed by atoms with Gasteiger partial charge >= 0.3 is 0 Å². The summed E-state index contributed by atoms with van der Waals surface area (Å²) in [7, 11) is 0. The largest absolute Gasteiger partial charge is 0.352 e. The third-order valence-electron chi connectivity index (χ3n) is 4.79. The zero-order chi connectivity index (χ0) is 19.3. The maximum absolute atomic E-state index is 13.3. The molecule has 3 aromatic rings. The van der Waals surface area contributed by atoms with E-state index < -0.39 is 0 Å². The number of aromatic nitrogens is 4. The third kappa shape index (κ3) is 4.00. The van der Waals surface area contributed by atoms with Gasteiger partial charge in [0.05, 0.1) is 12.3 Å². The monoisotopic (exact) mass is 377 g/mol. The quantitative estimate of drug-likeness (QED) is 0.679. The molecule has 28 heavy (non-hydrogen) atoms. The number of halogens is 1. The van der Waals surface area contributed by atoms with Crippen molar-refractivity contribution in [3.63, 3.8) is 0 Å². The molecule has 1 fully saturated rings. The number of hydrogen-bond donors (Lipinski definition) is 0. The predicted molar refractivity (Wildman–Crippen MR) is 103 cm³/mol. The SMILES string of the molecule is N#CCn1cc(CN2CCN(c3nccnc3-c3ccc(F)cc3)CC2)cn1. The Kier molecular flexibility index (Phi) is 5.26. The molecule has 1 aliphatic heterocycles. The molecule has 3 heterocycles. The molecule has 0 saturated carbocycles. The lowest BCUT2D eigenvalue weighted by molar-refractivity contribution is 0.249. The van der Waals surface area contributed by atoms with Gasteiger partial charge in [-0.15, -0.1) is 0 Å². The van der Waals surface area contributed by atoms with E-state index in [9.17, 15) is 4.39 Å². The highest BCUT2D eigenvalue weighted by molar-refractivity contribution is 5.72. The van der Waals surface area contributed by atoms with Crippen molar-refractivity contribution in [2.45, 2.75) is 13.1 Å².